The number of primary amides is 1. The van der Waals surface area contributed by atoms with E-state index in [9.17, 15) is 107 Å². The van der Waals surface area contributed by atoms with E-state index >= 15 is 0 Å². The molecule has 0 saturated carbocycles. The summed E-state index contributed by atoms with van der Waals surface area (Å²) in [7, 11) is 0. The minimum atomic E-state index is -2.17. The first-order valence-electron chi connectivity index (χ1n) is 35.1. The van der Waals surface area contributed by atoms with Crippen molar-refractivity contribution in [1.29, 1.82) is 0 Å². The Morgan fingerprint density at radius 2 is 0.795 bits per heavy atom. The first-order chi connectivity index (χ1) is 52.6. The second kappa shape index (κ2) is 47.2. The Morgan fingerprint density at radius 1 is 0.438 bits per heavy atom. The molecule has 3 aromatic heterocycles. The van der Waals surface area contributed by atoms with Crippen LogP contribution in [-0.4, -0.2) is 272 Å². The van der Waals surface area contributed by atoms with Crippen LogP contribution in [0.25, 0.3) is 0 Å². The lowest BCUT2D eigenvalue weighted by Crippen LogP contribution is -2.61. The number of carboxylic acid groups (broad SMARTS) is 3. The van der Waals surface area contributed by atoms with E-state index < -0.39 is 236 Å². The first kappa shape index (κ1) is 94.3. The van der Waals surface area contributed by atoms with Crippen molar-refractivity contribution < 1.29 is 107 Å². The molecule has 14 amide bonds. The highest BCUT2D eigenvalue weighted by molar-refractivity contribution is 7.80. The molecule has 3 heterocycles. The van der Waals surface area contributed by atoms with Crippen LogP contribution in [0.5, 0.6) is 0 Å². The number of rotatable bonds is 51. The topological polar surface area (TPSA) is 750 Å². The number of H-pyrrole nitrogens is 3. The van der Waals surface area contributed by atoms with E-state index in [0.717, 1.165) is 13.8 Å². The van der Waals surface area contributed by atoms with Crippen LogP contribution in [0.1, 0.15) is 117 Å². The van der Waals surface area contributed by atoms with Gasteiger partial charge in [0.2, 0.25) is 82.7 Å². The molecule has 0 aromatic carbocycles. The molecule has 112 heavy (non-hydrogen) atoms. The Balaban J connectivity index is 1.93. The van der Waals surface area contributed by atoms with Crippen LogP contribution in [0.2, 0.25) is 0 Å². The second-order valence-electron chi connectivity index (χ2n) is 26.9. The molecule has 0 spiro atoms. The number of nitrogens with one attached hydrogen (secondary N) is 16. The summed E-state index contributed by atoms with van der Waals surface area (Å²) in [6.45, 7) is 8.95. The van der Waals surface area contributed by atoms with E-state index in [1.807, 2.05) is 0 Å². The molecule has 47 heteroatoms. The number of aliphatic hydroxyl groups excluding tert-OH is 2. The Bertz CT molecular complexity index is 3730. The number of aliphatic imine (C=N–C) groups is 1. The molecule has 0 saturated heterocycles. The van der Waals surface area contributed by atoms with Crippen molar-refractivity contribution >= 4 is 119 Å². The molecule has 3 aromatic rings. The van der Waals surface area contributed by atoms with Crippen molar-refractivity contribution in [3.05, 3.63) is 54.7 Å². The van der Waals surface area contributed by atoms with E-state index in [-0.39, 0.29) is 74.1 Å². The standard InChI is InChI=1S/C65H102N24O22S/c1-28(2)13-39(82-53(99)36(66)24-112)58(104)88-46(23-90)62(108)78-30(5)51(97)81-41(15-33-20-70-25-74-33)59(105)84-42(16-34-21-71-26-75-34)60(106)86-44(19-49(95)96)61(107)80-38(10-11-48(93)94)55(101)79-37(9-8-12-73-65(68)69)54(100)83-40(14-29(3)4)57(103)85-43(18-47(67)92)56(102)77-31(6)52(98)89-50(32(7)91)63(109)87-45(64(110)111)17-35-22-72-27-76-35/h20-22,25-32,36-46,50,90-91,112H,8-19,23-24,66H2,1-7H3,(H2,67,92)(H,70,74)(H,71,75)(H,72,76)(H,77,102)(H,78,108)(H,79,101)(H,80,107)(H,81,97)(H,82,99)(H,83,100)(H,84,105)(H,85,103)(H,86,106)(H,87,109)(H,88,104)(H,89,98)(H,93,94)(H,95,96)(H,110,111)(H4,68,69,73)/t30-,31-,32+,36-,37-,38-,39-,40-,41-,42-,43-,44-,45-,46-,50-/m0/s1. The average molecular weight is 1600 g/mol. The van der Waals surface area contributed by atoms with E-state index in [0.29, 0.717) is 5.69 Å². The number of carboxylic acids is 3. The zero-order valence-corrected chi connectivity index (χ0v) is 63.3. The third kappa shape index (κ3) is 33.9. The van der Waals surface area contributed by atoms with Crippen LogP contribution < -0.4 is 92.1 Å². The van der Waals surface area contributed by atoms with Gasteiger partial charge in [0.25, 0.3) is 0 Å². The summed E-state index contributed by atoms with van der Waals surface area (Å²) in [6.07, 6.45) is 0.242. The number of aliphatic carboxylic acids is 3. The molecule has 0 aliphatic carbocycles. The third-order valence-corrected chi connectivity index (χ3v) is 16.7. The Hall–Kier alpha value is -11.9. The monoisotopic (exact) mass is 1600 g/mol. The van der Waals surface area contributed by atoms with Crippen LogP contribution >= 0.6 is 12.6 Å². The van der Waals surface area contributed by atoms with Crippen molar-refractivity contribution in [1.82, 2.24) is 99.0 Å². The summed E-state index contributed by atoms with van der Waals surface area (Å²) in [6, 6.07) is -23.4. The highest BCUT2D eigenvalue weighted by Gasteiger charge is 2.39. The highest BCUT2D eigenvalue weighted by atomic mass is 32.1. The number of imidazole rings is 3. The number of aliphatic hydroxyl groups is 2. The highest BCUT2D eigenvalue weighted by Crippen LogP contribution is 2.13. The predicted octanol–water partition coefficient (Wildman–Crippen LogP) is -9.70. The molecule has 0 aliphatic rings. The Morgan fingerprint density at radius 3 is 1.20 bits per heavy atom. The number of nitrogens with zero attached hydrogens (tertiary/aromatic N) is 4. The maximum absolute atomic E-state index is 14.5. The number of nitrogens with two attached hydrogens (primary N) is 4. The molecule has 0 fully saturated rings. The van der Waals surface area contributed by atoms with Crippen LogP contribution in [0.3, 0.4) is 0 Å². The summed E-state index contributed by atoms with van der Waals surface area (Å²) in [4.78, 5) is 253. The van der Waals surface area contributed by atoms with Gasteiger partial charge in [-0.2, -0.15) is 12.6 Å². The fourth-order valence-corrected chi connectivity index (χ4v) is 10.6. The molecule has 0 aliphatic heterocycles. The lowest BCUT2D eigenvalue weighted by molar-refractivity contribution is -0.143. The largest absolute Gasteiger partial charge is 0.481 e. The number of thiol groups is 1. The zero-order valence-electron chi connectivity index (χ0n) is 62.4. The SMILES string of the molecule is CC(C)C[C@H](NC(=O)[C@H](CCCN=C(N)N)NC(=O)[C@H](CCC(=O)O)NC(=O)[C@H](CC(=O)O)NC(=O)[C@H](Cc1cnc[nH]1)NC(=O)[C@H](Cc1cnc[nH]1)NC(=O)[C@H](C)NC(=O)[C@H](CO)NC(=O)[C@H](CC(C)C)NC(=O)[C@@H](N)CS)C(=O)N[C@@H](CC(N)=O)C(=O)N[C@@H](C)C(=O)N[C@H](C(=O)N[C@@H](Cc1cnc[nH]1)C(=O)O)[C@@H](C)O. The van der Waals surface area contributed by atoms with Crippen LogP contribution in [0.4, 0.5) is 0 Å². The van der Waals surface area contributed by atoms with Crippen LogP contribution in [0, 0.1) is 11.8 Å². The minimum Gasteiger partial charge on any atom is -0.481 e. The second-order valence-corrected chi connectivity index (χ2v) is 27.2. The molecular weight excluding hydrogens is 1500 g/mol. The smallest absolute Gasteiger partial charge is 0.326 e. The van der Waals surface area contributed by atoms with Crippen molar-refractivity contribution in [2.24, 2.45) is 39.8 Å². The van der Waals surface area contributed by atoms with Gasteiger partial charge in [-0.3, -0.25) is 81.7 Å². The number of hydrogen-bond donors (Lipinski definition) is 26. The van der Waals surface area contributed by atoms with Crippen molar-refractivity contribution in [3.8, 4) is 0 Å². The zero-order chi connectivity index (χ0) is 84.2. The van der Waals surface area contributed by atoms with Gasteiger partial charge in [0.05, 0.1) is 50.6 Å². The summed E-state index contributed by atoms with van der Waals surface area (Å²) in [5.41, 5.74) is 23.0. The van der Waals surface area contributed by atoms with Crippen molar-refractivity contribution in [2.45, 2.75) is 210 Å². The minimum absolute atomic E-state index is 0.0607. The third-order valence-electron chi connectivity index (χ3n) is 16.3. The van der Waals surface area contributed by atoms with E-state index in [1.165, 1.54) is 44.5 Å². The quantitative estimate of drug-likeness (QED) is 0.0108. The molecule has 620 valence electrons. The number of carbonyl (C=O) groups excluding carboxylic acids is 14. The Kier molecular flexibility index (Phi) is 39.8. The van der Waals surface area contributed by atoms with Crippen LogP contribution in [0.15, 0.2) is 42.6 Å². The summed E-state index contributed by atoms with van der Waals surface area (Å²) >= 11 is 4.00. The van der Waals surface area contributed by atoms with Gasteiger partial charge in [-0.05, 0) is 64.7 Å². The van der Waals surface area contributed by atoms with Gasteiger partial charge in [-0.15, -0.1) is 0 Å². The number of aromatic amines is 3. The summed E-state index contributed by atoms with van der Waals surface area (Å²) < 4.78 is 0. The molecule has 29 N–H and O–H groups in total. The predicted molar refractivity (Wildman–Crippen MR) is 393 cm³/mol. The number of hydrogen-bond acceptors (Lipinski definition) is 25. The van der Waals surface area contributed by atoms with Gasteiger partial charge >= 0.3 is 17.9 Å². The number of amides is 14. The molecular formula is C65H102N24O22S. The van der Waals surface area contributed by atoms with Crippen LogP contribution in [-0.2, 0) is 101 Å². The average Bonchev–Trinajstić information content (AvgIpc) is 1.20. The van der Waals surface area contributed by atoms with E-state index in [2.05, 4.69) is 117 Å². The maximum atomic E-state index is 14.5. The van der Waals surface area contributed by atoms with Crippen molar-refractivity contribution in [2.75, 3.05) is 18.9 Å². The van der Waals surface area contributed by atoms with E-state index in [4.69, 9.17) is 22.9 Å². The number of guanidine groups is 1. The lowest BCUT2D eigenvalue weighted by Gasteiger charge is -2.28. The lowest BCUT2D eigenvalue weighted by atomic mass is 10.0. The molecule has 0 unspecified atom stereocenters. The molecule has 15 atom stereocenters. The maximum Gasteiger partial charge on any atom is 0.326 e. The van der Waals surface area contributed by atoms with Gasteiger partial charge < -0.3 is 133 Å². The van der Waals surface area contributed by atoms with Gasteiger partial charge in [0.15, 0.2) is 5.96 Å². The molecule has 3 rings (SSSR count). The van der Waals surface area contributed by atoms with Gasteiger partial charge in [0.1, 0.15) is 78.5 Å². The first-order valence-corrected chi connectivity index (χ1v) is 35.8. The normalized spacial score (nSPS) is 15.2. The van der Waals surface area contributed by atoms with E-state index in [1.54, 1.807) is 27.7 Å². The molecule has 46 nitrogen and oxygen atoms in total. The number of aromatic nitrogens is 6. The fourth-order valence-electron chi connectivity index (χ4n) is 10.4. The van der Waals surface area contributed by atoms with Crippen molar-refractivity contribution in [3.63, 3.8) is 0 Å². The Labute approximate surface area is 646 Å². The molecule has 0 bridgehead atoms. The summed E-state index contributed by atoms with van der Waals surface area (Å²) in [5, 5.41) is 80.6. The fraction of sp³-hybridized carbons (Fsp3) is 0.585. The van der Waals surface area contributed by atoms with Gasteiger partial charge in [-0.25, -0.2) is 19.7 Å². The summed E-state index contributed by atoms with van der Waals surface area (Å²) in [5.74, 6) is -21.6. The van der Waals surface area contributed by atoms with Gasteiger partial charge in [-0.1, -0.05) is 27.7 Å². The number of carbonyl (C=O) groups is 17. The molecule has 0 radical (unpaired) electrons. The van der Waals surface area contributed by atoms with Gasteiger partial charge in [0, 0.05) is 73.7 Å².